The van der Waals surface area contributed by atoms with Crippen LogP contribution in [0.2, 0.25) is 0 Å². The Morgan fingerprint density at radius 1 is 1.24 bits per heavy atom. The second-order valence-electron chi connectivity index (χ2n) is 8.28. The van der Waals surface area contributed by atoms with Gasteiger partial charge in [-0.1, -0.05) is 17.4 Å². The molecule has 34 heavy (non-hydrogen) atoms. The summed E-state index contributed by atoms with van der Waals surface area (Å²) < 4.78 is 12.3. The number of nitrogens with two attached hydrogens (primary N) is 1. The third-order valence-corrected chi connectivity index (χ3v) is 7.43. The Kier molecular flexibility index (Phi) is 5.01. The highest BCUT2D eigenvalue weighted by Gasteiger charge is 2.61. The number of benzene rings is 1. The topological polar surface area (TPSA) is 120 Å². The number of anilines is 1. The van der Waals surface area contributed by atoms with Gasteiger partial charge in [0.1, 0.15) is 6.10 Å². The van der Waals surface area contributed by atoms with Gasteiger partial charge in [0.15, 0.2) is 16.6 Å². The summed E-state index contributed by atoms with van der Waals surface area (Å²) in [5.41, 5.74) is 9.45. The van der Waals surface area contributed by atoms with Crippen molar-refractivity contribution in [1.82, 2.24) is 19.9 Å². The number of carbonyl (C=O) groups is 1. The minimum absolute atomic E-state index is 0.0411. The van der Waals surface area contributed by atoms with E-state index in [9.17, 15) is 4.79 Å². The number of epoxide rings is 1. The van der Waals surface area contributed by atoms with Crippen molar-refractivity contribution in [2.45, 2.75) is 25.0 Å². The van der Waals surface area contributed by atoms with Gasteiger partial charge in [-0.25, -0.2) is 19.7 Å². The lowest BCUT2D eigenvalue weighted by molar-refractivity contribution is 0.0959. The van der Waals surface area contributed by atoms with E-state index in [2.05, 4.69) is 21.0 Å². The van der Waals surface area contributed by atoms with Crippen molar-refractivity contribution in [3.8, 4) is 22.4 Å². The first-order valence-corrected chi connectivity index (χ1v) is 11.9. The number of primary amides is 1. The molecular weight excluding hydrogens is 452 g/mol. The van der Waals surface area contributed by atoms with Gasteiger partial charge in [-0.2, -0.15) is 0 Å². The quantitative estimate of drug-likeness (QED) is 0.438. The summed E-state index contributed by atoms with van der Waals surface area (Å²) in [7, 11) is 0. The third-order valence-electron chi connectivity index (χ3n) is 6.30. The van der Waals surface area contributed by atoms with Gasteiger partial charge >= 0.3 is 6.03 Å². The molecule has 1 aromatic carbocycles. The average Bonchev–Trinajstić information content (AvgIpc) is 3.48. The Labute approximate surface area is 199 Å². The summed E-state index contributed by atoms with van der Waals surface area (Å²) >= 11 is 1.42. The molecule has 0 aliphatic carbocycles. The summed E-state index contributed by atoms with van der Waals surface area (Å²) in [6.07, 6.45) is 6.21. The Bertz CT molecular complexity index is 1380. The zero-order valence-corrected chi connectivity index (χ0v) is 19.3. The van der Waals surface area contributed by atoms with Crippen LogP contribution in [0.5, 0.6) is 0 Å². The summed E-state index contributed by atoms with van der Waals surface area (Å²) in [4.78, 5) is 31.9. The highest BCUT2D eigenvalue weighted by atomic mass is 32.1. The van der Waals surface area contributed by atoms with Crippen LogP contribution in [0, 0.1) is 0 Å². The second kappa shape index (κ2) is 8.08. The van der Waals surface area contributed by atoms with Gasteiger partial charge in [0.2, 0.25) is 0 Å². The number of thiazole rings is 1. The molecule has 5 heterocycles. The fourth-order valence-corrected chi connectivity index (χ4v) is 5.57. The van der Waals surface area contributed by atoms with E-state index in [-0.39, 0.29) is 6.10 Å². The number of ether oxygens (including phenoxy) is 2. The standard InChI is InChI=1S/C24H22N6O3S/c1-2-30(22(25)31)23-29-18-10-14(9-16(20(18)34-23)17-5-3-4-7-26-17)15-11-27-21(28-12-15)24-6-8-32-13-19(24)33-24/h3-5,7,9-12,19H,2,6,8,13H2,1H3,(H2,25,31). The molecule has 6 rings (SSSR count). The van der Waals surface area contributed by atoms with Crippen LogP contribution in [0.3, 0.4) is 0 Å². The lowest BCUT2D eigenvalue weighted by Gasteiger charge is -2.16. The zero-order chi connectivity index (χ0) is 23.3. The van der Waals surface area contributed by atoms with Crippen LogP contribution < -0.4 is 10.6 Å². The number of rotatable bonds is 5. The first-order valence-electron chi connectivity index (χ1n) is 11.1. The maximum absolute atomic E-state index is 11.9. The van der Waals surface area contributed by atoms with E-state index in [1.165, 1.54) is 16.2 Å². The minimum atomic E-state index is -0.529. The van der Waals surface area contributed by atoms with Crippen LogP contribution in [-0.4, -0.2) is 51.8 Å². The Morgan fingerprint density at radius 2 is 2.09 bits per heavy atom. The lowest BCUT2D eigenvalue weighted by Crippen LogP contribution is -2.35. The van der Waals surface area contributed by atoms with E-state index < -0.39 is 11.6 Å². The predicted molar refractivity (Wildman–Crippen MR) is 128 cm³/mol. The number of amides is 2. The molecule has 3 aromatic heterocycles. The Morgan fingerprint density at radius 3 is 2.79 bits per heavy atom. The molecule has 2 unspecified atom stereocenters. The van der Waals surface area contributed by atoms with E-state index in [1.54, 1.807) is 6.20 Å². The molecule has 2 aliphatic heterocycles. The van der Waals surface area contributed by atoms with Crippen LogP contribution in [0.25, 0.3) is 32.6 Å². The highest BCUT2D eigenvalue weighted by Crippen LogP contribution is 2.50. The fourth-order valence-electron chi connectivity index (χ4n) is 4.43. The van der Waals surface area contributed by atoms with Gasteiger partial charge in [0.25, 0.3) is 0 Å². The third kappa shape index (κ3) is 3.42. The number of hydrogen-bond donors (Lipinski definition) is 1. The molecule has 0 spiro atoms. The van der Waals surface area contributed by atoms with E-state index in [4.69, 9.17) is 20.2 Å². The van der Waals surface area contributed by atoms with Crippen molar-refractivity contribution in [3.63, 3.8) is 0 Å². The largest absolute Gasteiger partial charge is 0.378 e. The maximum Gasteiger partial charge on any atom is 0.321 e. The number of hydrogen-bond acceptors (Lipinski definition) is 8. The zero-order valence-electron chi connectivity index (χ0n) is 18.5. The Hall–Kier alpha value is -3.47. The summed E-state index contributed by atoms with van der Waals surface area (Å²) in [5, 5.41) is 0.557. The van der Waals surface area contributed by atoms with Crippen molar-refractivity contribution in [3.05, 3.63) is 54.7 Å². The molecular formula is C24H22N6O3S. The monoisotopic (exact) mass is 474 g/mol. The van der Waals surface area contributed by atoms with E-state index >= 15 is 0 Å². The molecule has 2 amide bonds. The molecule has 0 bridgehead atoms. The Balaban J connectivity index is 1.44. The molecule has 0 saturated carbocycles. The highest BCUT2D eigenvalue weighted by molar-refractivity contribution is 7.23. The molecule has 2 N–H and O–H groups in total. The first kappa shape index (κ1) is 21.1. The van der Waals surface area contributed by atoms with Crippen molar-refractivity contribution in [2.75, 3.05) is 24.7 Å². The van der Waals surface area contributed by atoms with Gasteiger partial charge in [-0.15, -0.1) is 0 Å². The molecule has 9 nitrogen and oxygen atoms in total. The van der Waals surface area contributed by atoms with Gasteiger partial charge in [-0.3, -0.25) is 9.88 Å². The second-order valence-corrected chi connectivity index (χ2v) is 9.26. The van der Waals surface area contributed by atoms with E-state index in [0.717, 1.165) is 39.0 Å². The number of nitrogens with zero attached hydrogens (tertiary/aromatic N) is 5. The molecule has 10 heteroatoms. The molecule has 2 atom stereocenters. The van der Waals surface area contributed by atoms with Crippen molar-refractivity contribution < 1.29 is 14.3 Å². The lowest BCUT2D eigenvalue weighted by atomic mass is 9.98. The van der Waals surface area contributed by atoms with E-state index in [0.29, 0.717) is 30.7 Å². The molecule has 172 valence electrons. The number of pyridine rings is 1. The summed E-state index contributed by atoms with van der Waals surface area (Å²) in [6.45, 7) is 3.54. The van der Waals surface area contributed by atoms with Crippen molar-refractivity contribution in [2.24, 2.45) is 5.73 Å². The van der Waals surface area contributed by atoms with Crippen LogP contribution in [0.15, 0.2) is 48.9 Å². The minimum Gasteiger partial charge on any atom is -0.378 e. The molecule has 0 radical (unpaired) electrons. The average molecular weight is 475 g/mol. The van der Waals surface area contributed by atoms with Crippen LogP contribution in [0.1, 0.15) is 19.2 Å². The number of aromatic nitrogens is 4. The number of fused-ring (bicyclic) bond motifs is 2. The van der Waals surface area contributed by atoms with Crippen LogP contribution in [-0.2, 0) is 15.1 Å². The van der Waals surface area contributed by atoms with Crippen LogP contribution in [0.4, 0.5) is 9.93 Å². The molecule has 4 aromatic rings. The first-order chi connectivity index (χ1) is 16.6. The smallest absolute Gasteiger partial charge is 0.321 e. The molecule has 2 saturated heterocycles. The summed E-state index contributed by atoms with van der Waals surface area (Å²) in [5.74, 6) is 0.701. The van der Waals surface area contributed by atoms with Gasteiger partial charge in [-0.05, 0) is 36.8 Å². The van der Waals surface area contributed by atoms with Crippen molar-refractivity contribution in [1.29, 1.82) is 0 Å². The van der Waals surface area contributed by atoms with Gasteiger partial charge in [0.05, 0.1) is 29.1 Å². The van der Waals surface area contributed by atoms with Crippen molar-refractivity contribution >= 4 is 32.7 Å². The molecule has 2 aliphatic rings. The van der Waals surface area contributed by atoms with Gasteiger partial charge < -0.3 is 15.2 Å². The SMILES string of the molecule is CCN(C(N)=O)c1nc2cc(-c3cnc(C45CCOCC4O5)nc3)cc(-c3ccccn3)c2s1. The maximum atomic E-state index is 11.9. The van der Waals surface area contributed by atoms with Crippen LogP contribution >= 0.6 is 11.3 Å². The fraction of sp³-hybridized carbons (Fsp3) is 0.292. The normalized spacial score (nSPS) is 21.3. The number of urea groups is 1. The predicted octanol–water partition coefficient (Wildman–Crippen LogP) is 3.73. The molecule has 2 fully saturated rings. The summed E-state index contributed by atoms with van der Waals surface area (Å²) in [6, 6.07) is 9.30. The van der Waals surface area contributed by atoms with Gasteiger partial charge in [0, 0.05) is 42.7 Å². The van der Waals surface area contributed by atoms with E-state index in [1.807, 2.05) is 43.6 Å². The number of carbonyl (C=O) groups excluding carboxylic acids is 1.